The third-order valence-corrected chi connectivity index (χ3v) is 4.39. The molecule has 1 saturated carbocycles. The minimum absolute atomic E-state index is 0.0937. The first-order valence-corrected chi connectivity index (χ1v) is 6.50. The number of likely N-dealkylation sites (tertiary alicyclic amines) is 1. The molecule has 2 unspecified atom stereocenters. The summed E-state index contributed by atoms with van der Waals surface area (Å²) in [6, 6.07) is 2.69. The summed E-state index contributed by atoms with van der Waals surface area (Å²) in [7, 11) is 0. The highest BCUT2D eigenvalue weighted by atomic mass is 15.2. The molecule has 1 saturated heterocycles. The van der Waals surface area contributed by atoms with Crippen molar-refractivity contribution in [2.45, 2.75) is 57.4 Å². The topological polar surface area (TPSA) is 27.0 Å². The Bertz CT molecular complexity index is 246. The number of nitrogens with zero attached hydrogens (tertiary/aromatic N) is 2. The molecule has 0 N–H and O–H groups in total. The van der Waals surface area contributed by atoms with Gasteiger partial charge in [0.15, 0.2) is 0 Å². The van der Waals surface area contributed by atoms with E-state index in [1.807, 2.05) is 0 Å². The van der Waals surface area contributed by atoms with Gasteiger partial charge in [0.05, 0.1) is 6.07 Å². The second-order valence-electron chi connectivity index (χ2n) is 5.08. The predicted octanol–water partition coefficient (Wildman–Crippen LogP) is 2.94. The Morgan fingerprint density at radius 2 is 2.00 bits per heavy atom. The van der Waals surface area contributed by atoms with Crippen LogP contribution in [0.4, 0.5) is 0 Å². The van der Waals surface area contributed by atoms with Crippen LogP contribution in [0.25, 0.3) is 0 Å². The van der Waals surface area contributed by atoms with E-state index in [9.17, 15) is 5.26 Å². The van der Waals surface area contributed by atoms with Gasteiger partial charge in [-0.2, -0.15) is 5.26 Å². The van der Waals surface area contributed by atoms with Gasteiger partial charge >= 0.3 is 0 Å². The zero-order valence-electron chi connectivity index (χ0n) is 9.84. The molecule has 1 heterocycles. The van der Waals surface area contributed by atoms with Crippen LogP contribution in [0.5, 0.6) is 0 Å². The van der Waals surface area contributed by atoms with Crippen molar-refractivity contribution >= 4 is 0 Å². The lowest BCUT2D eigenvalue weighted by Crippen LogP contribution is -2.53. The van der Waals surface area contributed by atoms with Gasteiger partial charge in [0.2, 0.25) is 0 Å². The van der Waals surface area contributed by atoms with E-state index >= 15 is 0 Å². The molecule has 2 fully saturated rings. The second-order valence-corrected chi connectivity index (χ2v) is 5.08. The summed E-state index contributed by atoms with van der Waals surface area (Å²) in [6.07, 6.45) is 8.71. The zero-order valence-corrected chi connectivity index (χ0v) is 9.84. The van der Waals surface area contributed by atoms with E-state index in [1.54, 1.807) is 0 Å². The van der Waals surface area contributed by atoms with Crippen LogP contribution in [0.3, 0.4) is 0 Å². The average Bonchev–Trinajstić information content (AvgIpc) is 2.82. The molecule has 0 aromatic carbocycles. The Kier molecular flexibility index (Phi) is 3.31. The van der Waals surface area contributed by atoms with Crippen LogP contribution in [-0.4, -0.2) is 23.5 Å². The van der Waals surface area contributed by atoms with Gasteiger partial charge < -0.3 is 0 Å². The normalized spacial score (nSPS) is 37.7. The Morgan fingerprint density at radius 3 is 2.60 bits per heavy atom. The van der Waals surface area contributed by atoms with Crippen LogP contribution in [0.15, 0.2) is 0 Å². The maximum Gasteiger partial charge on any atom is 0.112 e. The Labute approximate surface area is 93.3 Å². The Hall–Kier alpha value is -0.550. The maximum atomic E-state index is 9.61. The van der Waals surface area contributed by atoms with E-state index in [1.165, 1.54) is 38.5 Å². The Morgan fingerprint density at radius 1 is 1.27 bits per heavy atom. The SMILES string of the molecule is CCC1CCCCC1(C#N)N1CCCC1. The van der Waals surface area contributed by atoms with E-state index in [0.717, 1.165) is 19.5 Å². The van der Waals surface area contributed by atoms with E-state index in [2.05, 4.69) is 17.9 Å². The molecule has 15 heavy (non-hydrogen) atoms. The van der Waals surface area contributed by atoms with Crippen LogP contribution in [0, 0.1) is 17.2 Å². The lowest BCUT2D eigenvalue weighted by Gasteiger charge is -2.45. The van der Waals surface area contributed by atoms with Crippen molar-refractivity contribution in [1.82, 2.24) is 4.90 Å². The average molecular weight is 206 g/mol. The van der Waals surface area contributed by atoms with Crippen molar-refractivity contribution < 1.29 is 0 Å². The summed E-state index contributed by atoms with van der Waals surface area (Å²) in [6.45, 7) is 4.56. The van der Waals surface area contributed by atoms with Crippen molar-refractivity contribution in [3.05, 3.63) is 0 Å². The van der Waals surface area contributed by atoms with Crippen molar-refractivity contribution in [1.29, 1.82) is 5.26 Å². The highest BCUT2D eigenvalue weighted by Gasteiger charge is 2.45. The first-order chi connectivity index (χ1) is 7.33. The second kappa shape index (κ2) is 4.53. The van der Waals surface area contributed by atoms with Crippen LogP contribution in [-0.2, 0) is 0 Å². The molecule has 1 aliphatic carbocycles. The van der Waals surface area contributed by atoms with Gasteiger partial charge in [0.25, 0.3) is 0 Å². The summed E-state index contributed by atoms with van der Waals surface area (Å²) in [5, 5.41) is 9.61. The van der Waals surface area contributed by atoms with Crippen molar-refractivity contribution in [3.63, 3.8) is 0 Å². The number of nitriles is 1. The van der Waals surface area contributed by atoms with E-state index < -0.39 is 0 Å². The molecule has 1 aliphatic heterocycles. The van der Waals surface area contributed by atoms with Gasteiger partial charge in [-0.3, -0.25) is 4.90 Å². The summed E-state index contributed by atoms with van der Waals surface area (Å²) in [5.74, 6) is 0.620. The molecule has 2 aliphatic rings. The summed E-state index contributed by atoms with van der Waals surface area (Å²) in [5.41, 5.74) is -0.0937. The fourth-order valence-corrected chi connectivity index (χ4v) is 3.52. The molecule has 0 aromatic heterocycles. The first kappa shape index (κ1) is 11.0. The molecule has 0 bridgehead atoms. The van der Waals surface area contributed by atoms with Crippen LogP contribution < -0.4 is 0 Å². The lowest BCUT2D eigenvalue weighted by molar-refractivity contribution is 0.0630. The van der Waals surface area contributed by atoms with Crippen LogP contribution in [0.1, 0.15) is 51.9 Å². The molecular formula is C13H22N2. The summed E-state index contributed by atoms with van der Waals surface area (Å²) < 4.78 is 0. The highest BCUT2D eigenvalue weighted by Crippen LogP contribution is 2.41. The highest BCUT2D eigenvalue weighted by molar-refractivity contribution is 5.14. The molecule has 0 aromatic rings. The molecule has 0 radical (unpaired) electrons. The fourth-order valence-electron chi connectivity index (χ4n) is 3.52. The lowest BCUT2D eigenvalue weighted by atomic mass is 9.71. The molecule has 2 heteroatoms. The quantitative estimate of drug-likeness (QED) is 0.694. The zero-order chi connectivity index (χ0) is 10.7. The molecular weight excluding hydrogens is 184 g/mol. The minimum atomic E-state index is -0.0937. The first-order valence-electron chi connectivity index (χ1n) is 6.50. The monoisotopic (exact) mass is 206 g/mol. The molecule has 2 nitrogen and oxygen atoms in total. The molecule has 0 amide bonds. The minimum Gasteiger partial charge on any atom is -0.285 e. The fraction of sp³-hybridized carbons (Fsp3) is 0.923. The number of hydrogen-bond donors (Lipinski definition) is 0. The third-order valence-electron chi connectivity index (χ3n) is 4.39. The predicted molar refractivity (Wildman–Crippen MR) is 61.4 cm³/mol. The van der Waals surface area contributed by atoms with Gasteiger partial charge in [-0.1, -0.05) is 26.2 Å². The van der Waals surface area contributed by atoms with Gasteiger partial charge in [0, 0.05) is 0 Å². The van der Waals surface area contributed by atoms with Crippen LogP contribution >= 0.6 is 0 Å². The van der Waals surface area contributed by atoms with Gasteiger partial charge in [-0.15, -0.1) is 0 Å². The van der Waals surface area contributed by atoms with Crippen molar-refractivity contribution in [3.8, 4) is 6.07 Å². The summed E-state index contributed by atoms with van der Waals surface area (Å²) in [4.78, 5) is 2.49. The van der Waals surface area contributed by atoms with Crippen molar-refractivity contribution in [2.75, 3.05) is 13.1 Å². The smallest absolute Gasteiger partial charge is 0.112 e. The molecule has 2 rings (SSSR count). The number of rotatable bonds is 2. The maximum absolute atomic E-state index is 9.61. The van der Waals surface area contributed by atoms with Crippen LogP contribution in [0.2, 0.25) is 0 Å². The largest absolute Gasteiger partial charge is 0.285 e. The molecule has 0 spiro atoms. The summed E-state index contributed by atoms with van der Waals surface area (Å²) >= 11 is 0. The van der Waals surface area contributed by atoms with E-state index in [-0.39, 0.29) is 5.54 Å². The third kappa shape index (κ3) is 1.78. The van der Waals surface area contributed by atoms with E-state index in [0.29, 0.717) is 5.92 Å². The standard InChI is InChI=1S/C13H22N2/c1-2-12-7-3-4-8-13(12,11-14)15-9-5-6-10-15/h12H,2-10H2,1H3. The van der Waals surface area contributed by atoms with Gasteiger partial charge in [-0.05, 0) is 44.7 Å². The van der Waals surface area contributed by atoms with Gasteiger partial charge in [0.1, 0.15) is 5.54 Å². The van der Waals surface area contributed by atoms with Crippen molar-refractivity contribution in [2.24, 2.45) is 5.92 Å². The van der Waals surface area contributed by atoms with Gasteiger partial charge in [-0.25, -0.2) is 0 Å². The number of hydrogen-bond acceptors (Lipinski definition) is 2. The molecule has 2 atom stereocenters. The Balaban J connectivity index is 2.20. The molecule has 84 valence electrons. The van der Waals surface area contributed by atoms with E-state index in [4.69, 9.17) is 0 Å².